The minimum atomic E-state index is -0.542. The van der Waals surface area contributed by atoms with Crippen molar-refractivity contribution in [2.75, 3.05) is 19.8 Å². The SMILES string of the molecule is CCCCC/C=C\C/C=C\CCCCCCCC(=O)OC(COCCCCCCCC/C=C\CCCCCC)COC(=O)CCCCCCCCCCCCCCCCCCCCC. The Kier molecular flexibility index (Phi) is 53.8. The second-order valence-electron chi connectivity index (χ2n) is 19.2. The first-order chi connectivity index (χ1) is 31.6. The molecule has 0 aromatic carbocycles. The van der Waals surface area contributed by atoms with Gasteiger partial charge in [0.2, 0.25) is 0 Å². The Balaban J connectivity index is 4.23. The van der Waals surface area contributed by atoms with Crippen LogP contribution in [0.15, 0.2) is 36.5 Å². The Bertz CT molecular complexity index is 1020. The van der Waals surface area contributed by atoms with Gasteiger partial charge >= 0.3 is 11.9 Å². The van der Waals surface area contributed by atoms with Crippen molar-refractivity contribution in [3.63, 3.8) is 0 Å². The van der Waals surface area contributed by atoms with E-state index in [1.54, 1.807) is 0 Å². The second kappa shape index (κ2) is 55.4. The second-order valence-corrected chi connectivity index (χ2v) is 19.2. The van der Waals surface area contributed by atoms with Gasteiger partial charge in [0, 0.05) is 19.4 Å². The summed E-state index contributed by atoms with van der Waals surface area (Å²) in [4.78, 5) is 25.5. The van der Waals surface area contributed by atoms with Crippen LogP contribution in [0.1, 0.15) is 303 Å². The van der Waals surface area contributed by atoms with Crippen molar-refractivity contribution in [2.24, 2.45) is 0 Å². The van der Waals surface area contributed by atoms with Crippen LogP contribution in [-0.2, 0) is 23.8 Å². The highest BCUT2D eigenvalue weighted by molar-refractivity contribution is 5.70. The van der Waals surface area contributed by atoms with Gasteiger partial charge in [-0.2, -0.15) is 0 Å². The quantitative estimate of drug-likeness (QED) is 0.0346. The van der Waals surface area contributed by atoms with E-state index >= 15 is 0 Å². The van der Waals surface area contributed by atoms with E-state index in [1.807, 2.05) is 0 Å². The van der Waals surface area contributed by atoms with E-state index in [4.69, 9.17) is 14.2 Å². The zero-order valence-electron chi connectivity index (χ0n) is 43.3. The molecule has 64 heavy (non-hydrogen) atoms. The molecular formula is C59H110O5. The smallest absolute Gasteiger partial charge is 0.306 e. The van der Waals surface area contributed by atoms with Crippen LogP contribution in [0.25, 0.3) is 0 Å². The topological polar surface area (TPSA) is 61.8 Å². The fourth-order valence-electron chi connectivity index (χ4n) is 8.36. The molecule has 0 saturated heterocycles. The van der Waals surface area contributed by atoms with E-state index < -0.39 is 6.10 Å². The van der Waals surface area contributed by atoms with Gasteiger partial charge < -0.3 is 14.2 Å². The van der Waals surface area contributed by atoms with E-state index in [9.17, 15) is 9.59 Å². The van der Waals surface area contributed by atoms with Crippen LogP contribution in [0, 0.1) is 0 Å². The molecule has 5 heteroatoms. The molecule has 5 nitrogen and oxygen atoms in total. The molecule has 1 atom stereocenters. The van der Waals surface area contributed by atoms with Gasteiger partial charge in [0.05, 0.1) is 6.61 Å². The highest BCUT2D eigenvalue weighted by Crippen LogP contribution is 2.16. The van der Waals surface area contributed by atoms with Gasteiger partial charge in [-0.15, -0.1) is 0 Å². The Morgan fingerprint density at radius 2 is 0.656 bits per heavy atom. The molecule has 0 aromatic rings. The number of unbranched alkanes of at least 4 members (excludes halogenated alkanes) is 36. The maximum absolute atomic E-state index is 12.8. The van der Waals surface area contributed by atoms with Crippen molar-refractivity contribution in [2.45, 2.75) is 309 Å². The summed E-state index contributed by atoms with van der Waals surface area (Å²) in [7, 11) is 0. The molecule has 0 bridgehead atoms. The number of rotatable bonds is 53. The van der Waals surface area contributed by atoms with Gasteiger partial charge in [-0.1, -0.05) is 250 Å². The van der Waals surface area contributed by atoms with Crippen LogP contribution >= 0.6 is 0 Å². The van der Waals surface area contributed by atoms with E-state index in [-0.39, 0.29) is 25.2 Å². The van der Waals surface area contributed by atoms with Crippen molar-refractivity contribution in [3.05, 3.63) is 36.5 Å². The van der Waals surface area contributed by atoms with Gasteiger partial charge in [-0.25, -0.2) is 0 Å². The number of ether oxygens (including phenoxy) is 3. The third kappa shape index (κ3) is 52.7. The number of esters is 2. The Morgan fingerprint density at radius 1 is 0.344 bits per heavy atom. The van der Waals surface area contributed by atoms with Crippen molar-refractivity contribution in [1.82, 2.24) is 0 Å². The molecule has 0 heterocycles. The summed E-state index contributed by atoms with van der Waals surface area (Å²) in [5.41, 5.74) is 0. The lowest BCUT2D eigenvalue weighted by Gasteiger charge is -2.18. The lowest BCUT2D eigenvalue weighted by molar-refractivity contribution is -0.163. The molecule has 0 radical (unpaired) electrons. The first kappa shape index (κ1) is 62.1. The van der Waals surface area contributed by atoms with Crippen molar-refractivity contribution < 1.29 is 23.8 Å². The van der Waals surface area contributed by atoms with Crippen LogP contribution in [-0.4, -0.2) is 37.9 Å². The molecule has 1 unspecified atom stereocenters. The molecule has 0 aliphatic heterocycles. The summed E-state index contributed by atoms with van der Waals surface area (Å²) in [6.07, 6.45) is 67.3. The Hall–Kier alpha value is -1.88. The van der Waals surface area contributed by atoms with Crippen molar-refractivity contribution in [3.8, 4) is 0 Å². The van der Waals surface area contributed by atoms with Crippen molar-refractivity contribution >= 4 is 11.9 Å². The summed E-state index contributed by atoms with van der Waals surface area (Å²) in [6, 6.07) is 0. The van der Waals surface area contributed by atoms with E-state index in [0.717, 1.165) is 57.8 Å². The lowest BCUT2D eigenvalue weighted by atomic mass is 10.0. The maximum atomic E-state index is 12.8. The highest BCUT2D eigenvalue weighted by Gasteiger charge is 2.17. The average molecular weight is 900 g/mol. The minimum absolute atomic E-state index is 0.0824. The minimum Gasteiger partial charge on any atom is -0.462 e. The monoisotopic (exact) mass is 899 g/mol. The third-order valence-electron chi connectivity index (χ3n) is 12.6. The standard InChI is InChI=1S/C59H110O5/c1-4-7-10-13-16-19-22-25-28-29-30-31-33-34-37-40-43-46-49-52-58(60)63-56-57(55-62-54-51-48-45-42-39-36-27-24-21-18-15-12-9-6-3)64-59(61)53-50-47-44-41-38-35-32-26-23-20-17-14-11-8-5-2/h17,20-21,24,26,32,57H,4-16,18-19,22-23,25,27-31,33-56H2,1-3H3/b20-17-,24-21-,32-26-. The summed E-state index contributed by atoms with van der Waals surface area (Å²) in [5.74, 6) is -0.398. The van der Waals surface area contributed by atoms with Crippen LogP contribution in [0.3, 0.4) is 0 Å². The van der Waals surface area contributed by atoms with Crippen LogP contribution in [0.2, 0.25) is 0 Å². The fourth-order valence-corrected chi connectivity index (χ4v) is 8.36. The number of hydrogen-bond acceptors (Lipinski definition) is 5. The zero-order chi connectivity index (χ0) is 46.3. The molecule has 0 fully saturated rings. The van der Waals surface area contributed by atoms with Gasteiger partial charge in [-0.3, -0.25) is 9.59 Å². The van der Waals surface area contributed by atoms with Gasteiger partial charge in [0.1, 0.15) is 6.61 Å². The number of carbonyl (C=O) groups excluding carboxylic acids is 2. The first-order valence-corrected chi connectivity index (χ1v) is 28.5. The summed E-state index contributed by atoms with van der Waals surface area (Å²) < 4.78 is 17.5. The van der Waals surface area contributed by atoms with Crippen molar-refractivity contribution in [1.29, 1.82) is 0 Å². The molecule has 376 valence electrons. The zero-order valence-corrected chi connectivity index (χ0v) is 43.3. The predicted molar refractivity (Wildman–Crippen MR) is 279 cm³/mol. The average Bonchev–Trinajstić information content (AvgIpc) is 3.30. The van der Waals surface area contributed by atoms with Gasteiger partial charge in [-0.05, 0) is 77.0 Å². The van der Waals surface area contributed by atoms with E-state index in [2.05, 4.69) is 57.2 Å². The highest BCUT2D eigenvalue weighted by atomic mass is 16.6. The van der Waals surface area contributed by atoms with Crippen LogP contribution in [0.5, 0.6) is 0 Å². The molecule has 0 N–H and O–H groups in total. The summed E-state index contributed by atoms with van der Waals surface area (Å²) in [5, 5.41) is 0. The molecular weight excluding hydrogens is 789 g/mol. The molecule has 0 saturated carbocycles. The lowest BCUT2D eigenvalue weighted by Crippen LogP contribution is -2.30. The van der Waals surface area contributed by atoms with Crippen LogP contribution in [0.4, 0.5) is 0 Å². The molecule has 0 aromatic heterocycles. The number of allylic oxidation sites excluding steroid dienone is 6. The normalized spacial score (nSPS) is 12.4. The van der Waals surface area contributed by atoms with E-state index in [0.29, 0.717) is 19.4 Å². The first-order valence-electron chi connectivity index (χ1n) is 28.5. The molecule has 0 rings (SSSR count). The summed E-state index contributed by atoms with van der Waals surface area (Å²) in [6.45, 7) is 7.82. The third-order valence-corrected chi connectivity index (χ3v) is 12.6. The molecule has 0 aliphatic carbocycles. The maximum Gasteiger partial charge on any atom is 0.306 e. The summed E-state index contributed by atoms with van der Waals surface area (Å²) >= 11 is 0. The van der Waals surface area contributed by atoms with Gasteiger partial charge in [0.25, 0.3) is 0 Å². The molecule has 0 amide bonds. The predicted octanol–water partition coefficient (Wildman–Crippen LogP) is 19.4. The fraction of sp³-hybridized carbons (Fsp3) is 0.864. The van der Waals surface area contributed by atoms with E-state index in [1.165, 1.54) is 212 Å². The Labute approximate surface area is 400 Å². The number of carbonyl (C=O) groups is 2. The van der Waals surface area contributed by atoms with Gasteiger partial charge in [0.15, 0.2) is 6.10 Å². The number of hydrogen-bond donors (Lipinski definition) is 0. The molecule has 0 aliphatic rings. The Morgan fingerprint density at radius 3 is 1.09 bits per heavy atom. The largest absolute Gasteiger partial charge is 0.462 e. The molecule has 0 spiro atoms. The van der Waals surface area contributed by atoms with Crippen LogP contribution < -0.4 is 0 Å².